The molecule has 0 saturated heterocycles. The van der Waals surface area contributed by atoms with Crippen molar-refractivity contribution in [3.05, 3.63) is 29.5 Å². The molecule has 1 heterocycles. The Morgan fingerprint density at radius 1 is 1.20 bits per heavy atom. The maximum Gasteiger partial charge on any atom is 0.321 e. The van der Waals surface area contributed by atoms with Crippen LogP contribution in [0.3, 0.4) is 0 Å². The molecule has 0 saturated carbocycles. The van der Waals surface area contributed by atoms with Crippen LogP contribution in [0.1, 0.15) is 20.8 Å². The van der Waals surface area contributed by atoms with E-state index in [1.807, 2.05) is 45.0 Å². The minimum Gasteiger partial charge on any atom is -0.494 e. The normalized spacial score (nSPS) is 10.7. The average molecular weight is 294 g/mol. The van der Waals surface area contributed by atoms with Gasteiger partial charge in [0.15, 0.2) is 5.82 Å². The second-order valence-corrected chi connectivity index (χ2v) is 4.68. The zero-order chi connectivity index (χ0) is 14.5. The highest BCUT2D eigenvalue weighted by molar-refractivity contribution is 6.28. The molecule has 0 bridgehead atoms. The maximum atomic E-state index is 5.91. The van der Waals surface area contributed by atoms with Crippen molar-refractivity contribution in [3.8, 4) is 23.1 Å². The number of rotatable bonds is 5. The van der Waals surface area contributed by atoms with E-state index < -0.39 is 0 Å². The summed E-state index contributed by atoms with van der Waals surface area (Å²) in [5.41, 5.74) is 0.800. The predicted molar refractivity (Wildman–Crippen MR) is 77.2 cm³/mol. The Bertz CT molecular complexity index is 590. The van der Waals surface area contributed by atoms with E-state index in [4.69, 9.17) is 21.1 Å². The molecule has 0 N–H and O–H groups in total. The molecule has 2 rings (SSSR count). The van der Waals surface area contributed by atoms with Gasteiger partial charge in [0.1, 0.15) is 5.75 Å². The Hall–Kier alpha value is -1.88. The van der Waals surface area contributed by atoms with Gasteiger partial charge in [-0.1, -0.05) is 12.1 Å². The molecule has 2 aromatic rings. The van der Waals surface area contributed by atoms with E-state index in [1.54, 1.807) is 0 Å². The fourth-order valence-electron chi connectivity index (χ4n) is 1.62. The van der Waals surface area contributed by atoms with Gasteiger partial charge in [-0.3, -0.25) is 0 Å². The van der Waals surface area contributed by atoms with Crippen molar-refractivity contribution in [2.24, 2.45) is 0 Å². The number of hydrogen-bond donors (Lipinski definition) is 0. The van der Waals surface area contributed by atoms with Crippen LogP contribution in [0.4, 0.5) is 0 Å². The van der Waals surface area contributed by atoms with E-state index in [9.17, 15) is 0 Å². The van der Waals surface area contributed by atoms with Gasteiger partial charge < -0.3 is 9.47 Å². The Balaban J connectivity index is 2.36. The zero-order valence-corrected chi connectivity index (χ0v) is 12.4. The molecule has 106 valence electrons. The number of hydrogen-bond acceptors (Lipinski definition) is 5. The van der Waals surface area contributed by atoms with Crippen molar-refractivity contribution >= 4 is 11.6 Å². The molecule has 0 amide bonds. The molecule has 6 heteroatoms. The van der Waals surface area contributed by atoms with E-state index in [0.717, 1.165) is 11.3 Å². The molecule has 0 radical (unpaired) electrons. The molecule has 20 heavy (non-hydrogen) atoms. The van der Waals surface area contributed by atoms with Crippen molar-refractivity contribution in [1.82, 2.24) is 15.0 Å². The second-order valence-electron chi connectivity index (χ2n) is 4.34. The summed E-state index contributed by atoms with van der Waals surface area (Å²) < 4.78 is 10.9. The molecule has 1 aromatic carbocycles. The first kappa shape index (κ1) is 14.5. The summed E-state index contributed by atoms with van der Waals surface area (Å²) >= 11 is 5.91. The summed E-state index contributed by atoms with van der Waals surface area (Å²) in [6, 6.07) is 7.71. The minimum atomic E-state index is -0.0314. The van der Waals surface area contributed by atoms with E-state index >= 15 is 0 Å². The van der Waals surface area contributed by atoms with Crippen LogP contribution in [0, 0.1) is 0 Å². The van der Waals surface area contributed by atoms with Crippen molar-refractivity contribution in [2.75, 3.05) is 6.61 Å². The zero-order valence-electron chi connectivity index (χ0n) is 11.6. The van der Waals surface area contributed by atoms with Crippen LogP contribution in [0.2, 0.25) is 5.28 Å². The Labute approximate surface area is 123 Å². The number of ether oxygens (including phenoxy) is 2. The predicted octanol–water partition coefficient (Wildman–Crippen LogP) is 3.38. The lowest BCUT2D eigenvalue weighted by Gasteiger charge is -2.09. The third-order valence-corrected chi connectivity index (χ3v) is 2.50. The highest BCUT2D eigenvalue weighted by Crippen LogP contribution is 2.23. The molecule has 0 spiro atoms. The molecule has 1 aromatic heterocycles. The fourth-order valence-corrected chi connectivity index (χ4v) is 1.77. The summed E-state index contributed by atoms with van der Waals surface area (Å²) in [4.78, 5) is 12.3. The van der Waals surface area contributed by atoms with E-state index in [1.165, 1.54) is 0 Å². The molecule has 0 fully saturated rings. The molecule has 0 unspecified atom stereocenters. The summed E-state index contributed by atoms with van der Waals surface area (Å²) in [6.45, 7) is 6.32. The van der Waals surface area contributed by atoms with Crippen LogP contribution < -0.4 is 9.47 Å². The smallest absolute Gasteiger partial charge is 0.321 e. The summed E-state index contributed by atoms with van der Waals surface area (Å²) in [5.74, 6) is 1.22. The van der Waals surface area contributed by atoms with Crippen LogP contribution in [0.15, 0.2) is 24.3 Å². The molecular formula is C14H16ClN3O2. The van der Waals surface area contributed by atoms with Gasteiger partial charge in [0, 0.05) is 5.56 Å². The summed E-state index contributed by atoms with van der Waals surface area (Å²) in [7, 11) is 0. The van der Waals surface area contributed by atoms with Gasteiger partial charge in [0.2, 0.25) is 5.28 Å². The molecular weight excluding hydrogens is 278 g/mol. The van der Waals surface area contributed by atoms with Crippen molar-refractivity contribution in [1.29, 1.82) is 0 Å². The van der Waals surface area contributed by atoms with Gasteiger partial charge in [-0.25, -0.2) is 0 Å². The van der Waals surface area contributed by atoms with E-state index in [2.05, 4.69) is 15.0 Å². The quantitative estimate of drug-likeness (QED) is 0.846. The van der Waals surface area contributed by atoms with Crippen LogP contribution in [0.25, 0.3) is 11.4 Å². The van der Waals surface area contributed by atoms with Crippen LogP contribution in [-0.4, -0.2) is 27.7 Å². The van der Waals surface area contributed by atoms with Gasteiger partial charge in [-0.05, 0) is 44.5 Å². The number of benzene rings is 1. The van der Waals surface area contributed by atoms with E-state index in [0.29, 0.717) is 12.4 Å². The first-order valence-corrected chi connectivity index (χ1v) is 6.77. The SMILES string of the molecule is CCOc1cccc(-c2nc(Cl)nc(OC(C)C)n2)c1. The van der Waals surface area contributed by atoms with Crippen molar-refractivity contribution < 1.29 is 9.47 Å². The molecule has 5 nitrogen and oxygen atoms in total. The second kappa shape index (κ2) is 6.52. The van der Waals surface area contributed by atoms with Crippen molar-refractivity contribution in [3.63, 3.8) is 0 Å². The minimum absolute atomic E-state index is 0.0314. The van der Waals surface area contributed by atoms with Gasteiger partial charge in [0.05, 0.1) is 12.7 Å². The first-order chi connectivity index (χ1) is 9.58. The van der Waals surface area contributed by atoms with Crippen LogP contribution in [0.5, 0.6) is 11.8 Å². The lowest BCUT2D eigenvalue weighted by atomic mass is 10.2. The molecule has 0 aliphatic carbocycles. The number of halogens is 1. The average Bonchev–Trinajstić information content (AvgIpc) is 2.38. The summed E-state index contributed by atoms with van der Waals surface area (Å²) in [5, 5.41) is 0.104. The largest absolute Gasteiger partial charge is 0.494 e. The van der Waals surface area contributed by atoms with Gasteiger partial charge in [-0.2, -0.15) is 15.0 Å². The third kappa shape index (κ3) is 3.81. The van der Waals surface area contributed by atoms with Gasteiger partial charge >= 0.3 is 6.01 Å². The maximum absolute atomic E-state index is 5.91. The van der Waals surface area contributed by atoms with E-state index in [-0.39, 0.29) is 17.4 Å². The van der Waals surface area contributed by atoms with Gasteiger partial charge in [0.25, 0.3) is 0 Å². The van der Waals surface area contributed by atoms with Crippen molar-refractivity contribution in [2.45, 2.75) is 26.9 Å². The highest BCUT2D eigenvalue weighted by Gasteiger charge is 2.10. The molecule has 0 aliphatic heterocycles. The monoisotopic (exact) mass is 293 g/mol. The molecule has 0 atom stereocenters. The summed E-state index contributed by atoms with van der Waals surface area (Å²) in [6.07, 6.45) is -0.0314. The highest BCUT2D eigenvalue weighted by atomic mass is 35.5. The topological polar surface area (TPSA) is 57.1 Å². The number of aromatic nitrogens is 3. The molecule has 0 aliphatic rings. The Kier molecular flexibility index (Phi) is 4.74. The third-order valence-electron chi connectivity index (χ3n) is 2.33. The fraction of sp³-hybridized carbons (Fsp3) is 0.357. The number of nitrogens with zero attached hydrogens (tertiary/aromatic N) is 3. The standard InChI is InChI=1S/C14H16ClN3O2/c1-4-19-11-7-5-6-10(8-11)12-16-13(15)18-14(17-12)20-9(2)3/h5-9H,4H2,1-3H3. The van der Waals surface area contributed by atoms with Gasteiger partial charge in [-0.15, -0.1) is 0 Å². The Morgan fingerprint density at radius 2 is 2.00 bits per heavy atom. The lowest BCUT2D eigenvalue weighted by Crippen LogP contribution is -2.09. The first-order valence-electron chi connectivity index (χ1n) is 6.40. The van der Waals surface area contributed by atoms with Crippen LogP contribution >= 0.6 is 11.6 Å². The Morgan fingerprint density at radius 3 is 2.70 bits per heavy atom. The lowest BCUT2D eigenvalue weighted by molar-refractivity contribution is 0.222. The van der Waals surface area contributed by atoms with Crippen LogP contribution in [-0.2, 0) is 0 Å².